The Labute approximate surface area is 106 Å². The predicted molar refractivity (Wildman–Crippen MR) is 60.1 cm³/mol. The van der Waals surface area contributed by atoms with Crippen LogP contribution in [-0.2, 0) is 0 Å². The third-order valence-electron chi connectivity index (χ3n) is 2.22. The maximum atomic E-state index is 12.1. The maximum Gasteiger partial charge on any atom is 0.573 e. The van der Waals surface area contributed by atoms with Gasteiger partial charge in [-0.05, 0) is 12.1 Å². The topological polar surface area (TPSA) is 67.5 Å². The third-order valence-corrected chi connectivity index (χ3v) is 2.22. The third kappa shape index (κ3) is 3.49. The summed E-state index contributed by atoms with van der Waals surface area (Å²) in [6, 6.07) is 5.16. The summed E-state index contributed by atoms with van der Waals surface area (Å²) in [7, 11) is -1.69. The van der Waals surface area contributed by atoms with E-state index in [9.17, 15) is 13.2 Å². The van der Waals surface area contributed by atoms with Gasteiger partial charge in [0.1, 0.15) is 5.75 Å². The second-order valence-corrected chi connectivity index (χ2v) is 3.64. The van der Waals surface area contributed by atoms with E-state index in [4.69, 9.17) is 10.0 Å². The van der Waals surface area contributed by atoms with E-state index < -0.39 is 13.5 Å². The Morgan fingerprint density at radius 3 is 2.58 bits per heavy atom. The van der Waals surface area contributed by atoms with Crippen LogP contribution in [0.25, 0.3) is 5.69 Å². The van der Waals surface area contributed by atoms with E-state index in [1.807, 2.05) is 0 Å². The molecule has 5 nitrogen and oxygen atoms in total. The van der Waals surface area contributed by atoms with Crippen molar-refractivity contribution in [2.75, 3.05) is 0 Å². The molecule has 100 valence electrons. The first kappa shape index (κ1) is 13.4. The van der Waals surface area contributed by atoms with Crippen molar-refractivity contribution in [1.82, 2.24) is 9.78 Å². The molecule has 0 radical (unpaired) electrons. The highest BCUT2D eigenvalue weighted by Crippen LogP contribution is 2.24. The van der Waals surface area contributed by atoms with Gasteiger partial charge in [-0.25, -0.2) is 4.68 Å². The van der Waals surface area contributed by atoms with Gasteiger partial charge in [0.05, 0.1) is 5.69 Å². The Morgan fingerprint density at radius 2 is 2.00 bits per heavy atom. The molecule has 0 aliphatic rings. The molecule has 0 aliphatic carbocycles. The Hall–Kier alpha value is -2.00. The van der Waals surface area contributed by atoms with Crippen molar-refractivity contribution < 1.29 is 28.0 Å². The molecule has 0 unspecified atom stereocenters. The molecular weight excluding hydrogens is 264 g/mol. The highest BCUT2D eigenvalue weighted by Gasteiger charge is 2.31. The SMILES string of the molecule is OB(O)c1cnn(-c2cccc(OC(F)(F)F)c2)c1. The van der Waals surface area contributed by atoms with E-state index in [2.05, 4.69) is 9.84 Å². The highest BCUT2D eigenvalue weighted by molar-refractivity contribution is 6.58. The summed E-state index contributed by atoms with van der Waals surface area (Å²) in [5.41, 5.74) is 0.427. The predicted octanol–water partition coefficient (Wildman–Crippen LogP) is 0.451. The van der Waals surface area contributed by atoms with E-state index in [-0.39, 0.29) is 11.2 Å². The van der Waals surface area contributed by atoms with Crippen molar-refractivity contribution >= 4 is 12.6 Å². The Bertz CT molecular complexity index is 571. The normalized spacial score (nSPS) is 11.4. The Morgan fingerprint density at radius 1 is 1.26 bits per heavy atom. The minimum Gasteiger partial charge on any atom is -0.423 e. The molecule has 0 bridgehead atoms. The average molecular weight is 272 g/mol. The van der Waals surface area contributed by atoms with E-state index in [1.54, 1.807) is 0 Å². The first-order valence-electron chi connectivity index (χ1n) is 5.12. The lowest BCUT2D eigenvalue weighted by molar-refractivity contribution is -0.274. The van der Waals surface area contributed by atoms with Crippen molar-refractivity contribution in [3.05, 3.63) is 36.7 Å². The van der Waals surface area contributed by atoms with Crippen molar-refractivity contribution in [3.8, 4) is 11.4 Å². The molecule has 1 aromatic heterocycles. The van der Waals surface area contributed by atoms with Gasteiger partial charge in [0.15, 0.2) is 0 Å². The van der Waals surface area contributed by atoms with Gasteiger partial charge in [0, 0.05) is 23.9 Å². The van der Waals surface area contributed by atoms with Crippen LogP contribution < -0.4 is 10.2 Å². The van der Waals surface area contributed by atoms with Crippen LogP contribution in [0.5, 0.6) is 5.75 Å². The van der Waals surface area contributed by atoms with Gasteiger partial charge in [-0.3, -0.25) is 0 Å². The number of hydrogen-bond acceptors (Lipinski definition) is 4. The van der Waals surface area contributed by atoms with E-state index in [1.165, 1.54) is 29.2 Å². The van der Waals surface area contributed by atoms with Crippen LogP contribution in [0.15, 0.2) is 36.7 Å². The highest BCUT2D eigenvalue weighted by atomic mass is 19.4. The molecule has 0 aliphatic heterocycles. The number of alkyl halides is 3. The van der Waals surface area contributed by atoms with Gasteiger partial charge >= 0.3 is 13.5 Å². The van der Waals surface area contributed by atoms with Crippen molar-refractivity contribution in [2.45, 2.75) is 6.36 Å². The van der Waals surface area contributed by atoms with Gasteiger partial charge in [-0.15, -0.1) is 13.2 Å². The number of hydrogen-bond donors (Lipinski definition) is 2. The smallest absolute Gasteiger partial charge is 0.423 e. The van der Waals surface area contributed by atoms with Crippen LogP contribution in [0.1, 0.15) is 0 Å². The van der Waals surface area contributed by atoms with Crippen molar-refractivity contribution in [3.63, 3.8) is 0 Å². The van der Waals surface area contributed by atoms with Gasteiger partial charge in [-0.1, -0.05) is 6.07 Å². The Balaban J connectivity index is 2.27. The number of ether oxygens (including phenoxy) is 1. The summed E-state index contributed by atoms with van der Waals surface area (Å²) in [4.78, 5) is 0. The maximum absolute atomic E-state index is 12.1. The molecule has 2 rings (SSSR count). The Kier molecular flexibility index (Phi) is 3.49. The van der Waals surface area contributed by atoms with E-state index in [0.717, 1.165) is 12.1 Å². The molecular formula is C10H8BF3N2O3. The van der Waals surface area contributed by atoms with E-state index in [0.29, 0.717) is 5.69 Å². The number of rotatable bonds is 3. The molecule has 0 amide bonds. The first-order valence-corrected chi connectivity index (χ1v) is 5.12. The fraction of sp³-hybridized carbons (Fsp3) is 0.100. The molecule has 0 saturated carbocycles. The molecule has 0 saturated heterocycles. The second-order valence-electron chi connectivity index (χ2n) is 3.64. The summed E-state index contributed by atoms with van der Waals surface area (Å²) < 4.78 is 41.2. The molecule has 19 heavy (non-hydrogen) atoms. The molecule has 9 heteroatoms. The number of aromatic nitrogens is 2. The lowest BCUT2D eigenvalue weighted by Gasteiger charge is -2.09. The second kappa shape index (κ2) is 4.94. The van der Waals surface area contributed by atoms with E-state index >= 15 is 0 Å². The van der Waals surface area contributed by atoms with Crippen LogP contribution in [0.2, 0.25) is 0 Å². The average Bonchev–Trinajstić information content (AvgIpc) is 2.76. The molecule has 1 aromatic carbocycles. The fourth-order valence-electron chi connectivity index (χ4n) is 1.43. The summed E-state index contributed by atoms with van der Waals surface area (Å²) >= 11 is 0. The summed E-state index contributed by atoms with van der Waals surface area (Å²) in [6.45, 7) is 0. The lowest BCUT2D eigenvalue weighted by atomic mass is 9.83. The van der Waals surface area contributed by atoms with Crippen LogP contribution in [-0.4, -0.2) is 33.3 Å². The zero-order chi connectivity index (χ0) is 14.0. The summed E-state index contributed by atoms with van der Waals surface area (Å²) in [6.07, 6.45) is -2.28. The number of benzene rings is 1. The molecule has 0 spiro atoms. The minimum absolute atomic E-state index is 0.127. The lowest BCUT2D eigenvalue weighted by Crippen LogP contribution is -2.28. The molecule has 0 atom stereocenters. The van der Waals surface area contributed by atoms with Gasteiger partial charge in [-0.2, -0.15) is 5.10 Å². The molecule has 1 heterocycles. The minimum atomic E-state index is -4.77. The number of nitrogens with zero attached hydrogens (tertiary/aromatic N) is 2. The fourth-order valence-corrected chi connectivity index (χ4v) is 1.43. The van der Waals surface area contributed by atoms with Crippen molar-refractivity contribution in [2.24, 2.45) is 0 Å². The molecule has 2 N–H and O–H groups in total. The van der Waals surface area contributed by atoms with Crippen LogP contribution >= 0.6 is 0 Å². The molecule has 2 aromatic rings. The monoisotopic (exact) mass is 272 g/mol. The summed E-state index contributed by atoms with van der Waals surface area (Å²) in [5, 5.41) is 21.6. The van der Waals surface area contributed by atoms with Crippen LogP contribution in [0.4, 0.5) is 13.2 Å². The van der Waals surface area contributed by atoms with Gasteiger partial charge in [0.2, 0.25) is 0 Å². The summed E-state index contributed by atoms with van der Waals surface area (Å²) in [5.74, 6) is -0.383. The van der Waals surface area contributed by atoms with Gasteiger partial charge < -0.3 is 14.8 Å². The number of halogens is 3. The van der Waals surface area contributed by atoms with Crippen LogP contribution in [0.3, 0.4) is 0 Å². The standard InChI is InChI=1S/C10H8BF3N2O3/c12-10(13,14)19-9-3-1-2-8(4-9)16-6-7(5-15-16)11(17)18/h1-6,17-18H. The van der Waals surface area contributed by atoms with Crippen molar-refractivity contribution in [1.29, 1.82) is 0 Å². The zero-order valence-electron chi connectivity index (χ0n) is 9.37. The molecule has 0 fully saturated rings. The van der Waals surface area contributed by atoms with Crippen LogP contribution in [0, 0.1) is 0 Å². The largest absolute Gasteiger partial charge is 0.573 e. The first-order chi connectivity index (χ1) is 8.85. The van der Waals surface area contributed by atoms with Gasteiger partial charge in [0.25, 0.3) is 0 Å². The quantitative estimate of drug-likeness (QED) is 0.796. The zero-order valence-corrected chi connectivity index (χ0v) is 9.37.